The van der Waals surface area contributed by atoms with E-state index in [1.54, 1.807) is 24.3 Å². The van der Waals surface area contributed by atoms with Crippen molar-refractivity contribution >= 4 is 17.6 Å². The first-order valence-electron chi connectivity index (χ1n) is 7.71. The van der Waals surface area contributed by atoms with Crippen LogP contribution in [0.4, 0.5) is 5.82 Å². The molecule has 1 unspecified atom stereocenters. The lowest BCUT2D eigenvalue weighted by Crippen LogP contribution is -2.43. The smallest absolute Gasteiger partial charge is 0.258 e. The van der Waals surface area contributed by atoms with Crippen molar-refractivity contribution in [3.8, 4) is 5.75 Å². The van der Waals surface area contributed by atoms with Gasteiger partial charge in [0.1, 0.15) is 18.6 Å². The monoisotopic (exact) mass is 331 g/mol. The number of carbonyl (C=O) groups excluding carboxylic acids is 2. The summed E-state index contributed by atoms with van der Waals surface area (Å²) >= 11 is 0. The maximum Gasteiger partial charge on any atom is 0.258 e. The molecule has 1 heterocycles. The van der Waals surface area contributed by atoms with E-state index in [9.17, 15) is 9.59 Å². The molecule has 1 aromatic heterocycles. The summed E-state index contributed by atoms with van der Waals surface area (Å²) in [5, 5.41) is 6.23. The van der Waals surface area contributed by atoms with Crippen molar-refractivity contribution in [3.63, 3.8) is 0 Å². The molecule has 7 nitrogen and oxygen atoms in total. The summed E-state index contributed by atoms with van der Waals surface area (Å²) in [4.78, 5) is 26.6. The molecule has 0 fully saturated rings. The van der Waals surface area contributed by atoms with Crippen molar-refractivity contribution in [1.82, 2.24) is 10.1 Å². The molecular formula is C17H21N3O4. The van der Waals surface area contributed by atoms with Gasteiger partial charge in [0.05, 0.1) is 12.7 Å². The third-order valence-electron chi connectivity index (χ3n) is 3.74. The highest BCUT2D eigenvalue weighted by Crippen LogP contribution is 2.21. The van der Waals surface area contributed by atoms with Crippen LogP contribution in [0.3, 0.4) is 0 Å². The molecule has 1 atom stereocenters. The van der Waals surface area contributed by atoms with E-state index in [2.05, 4.69) is 15.0 Å². The Labute approximate surface area is 140 Å². The zero-order chi connectivity index (χ0) is 17.5. The largest absolute Gasteiger partial charge is 0.496 e. The Balaban J connectivity index is 2.18. The quantitative estimate of drug-likeness (QED) is 0.843. The first-order valence-corrected chi connectivity index (χ1v) is 7.71. The number of rotatable bonds is 7. The van der Waals surface area contributed by atoms with Crippen LogP contribution < -0.4 is 10.1 Å². The van der Waals surface area contributed by atoms with Gasteiger partial charge in [0.2, 0.25) is 5.91 Å². The van der Waals surface area contributed by atoms with E-state index in [0.717, 1.165) is 6.42 Å². The van der Waals surface area contributed by atoms with Gasteiger partial charge in [-0.2, -0.15) is 0 Å². The fourth-order valence-electron chi connectivity index (χ4n) is 2.24. The zero-order valence-corrected chi connectivity index (χ0v) is 14.0. The maximum atomic E-state index is 12.9. The van der Waals surface area contributed by atoms with Crippen molar-refractivity contribution in [1.29, 1.82) is 0 Å². The van der Waals surface area contributed by atoms with Crippen molar-refractivity contribution in [2.45, 2.75) is 26.3 Å². The lowest BCUT2D eigenvalue weighted by molar-refractivity contribution is -0.117. The van der Waals surface area contributed by atoms with Crippen LogP contribution >= 0.6 is 0 Å². The minimum Gasteiger partial charge on any atom is -0.496 e. The second kappa shape index (κ2) is 8.14. The molecule has 1 aromatic carbocycles. The highest BCUT2D eigenvalue weighted by Gasteiger charge is 2.25. The number of methoxy groups -OCH3 is 1. The van der Waals surface area contributed by atoms with Gasteiger partial charge in [-0.25, -0.2) is 0 Å². The molecule has 7 heteroatoms. The molecule has 0 saturated heterocycles. The van der Waals surface area contributed by atoms with Crippen LogP contribution in [0, 0.1) is 0 Å². The Bertz CT molecular complexity index is 685. The average molecular weight is 331 g/mol. The van der Waals surface area contributed by atoms with Crippen LogP contribution in [0.1, 0.15) is 30.6 Å². The van der Waals surface area contributed by atoms with Gasteiger partial charge < -0.3 is 19.5 Å². The van der Waals surface area contributed by atoms with Crippen molar-refractivity contribution in [3.05, 3.63) is 42.2 Å². The van der Waals surface area contributed by atoms with Gasteiger partial charge >= 0.3 is 0 Å². The summed E-state index contributed by atoms with van der Waals surface area (Å²) in [6.45, 7) is 3.78. The Hall–Kier alpha value is -2.83. The third kappa shape index (κ3) is 4.13. The Kier molecular flexibility index (Phi) is 5.95. The molecular weight excluding hydrogens is 310 g/mol. The van der Waals surface area contributed by atoms with Crippen LogP contribution in [-0.4, -0.2) is 41.6 Å². The molecule has 0 aliphatic rings. The molecule has 0 aliphatic carbocycles. The molecule has 0 bridgehead atoms. The lowest BCUT2D eigenvalue weighted by atomic mass is 10.1. The Morgan fingerprint density at radius 2 is 2.08 bits per heavy atom. The van der Waals surface area contributed by atoms with Crippen molar-refractivity contribution < 1.29 is 18.8 Å². The summed E-state index contributed by atoms with van der Waals surface area (Å²) < 4.78 is 9.92. The molecule has 0 radical (unpaired) electrons. The topological polar surface area (TPSA) is 84.7 Å². The molecule has 24 heavy (non-hydrogen) atoms. The van der Waals surface area contributed by atoms with E-state index in [0.29, 0.717) is 17.1 Å². The van der Waals surface area contributed by atoms with Gasteiger partial charge in [0, 0.05) is 12.1 Å². The molecule has 2 amide bonds. The summed E-state index contributed by atoms with van der Waals surface area (Å²) in [6.07, 6.45) is 2.08. The van der Waals surface area contributed by atoms with E-state index in [1.807, 2.05) is 13.8 Å². The minimum atomic E-state index is -0.340. The second-order valence-corrected chi connectivity index (χ2v) is 5.32. The van der Waals surface area contributed by atoms with Crippen LogP contribution in [0.2, 0.25) is 0 Å². The van der Waals surface area contributed by atoms with Crippen molar-refractivity contribution in [2.75, 3.05) is 19.0 Å². The molecule has 128 valence electrons. The summed E-state index contributed by atoms with van der Waals surface area (Å²) in [7, 11) is 1.51. The number of amides is 2. The van der Waals surface area contributed by atoms with Gasteiger partial charge in [-0.15, -0.1) is 0 Å². The van der Waals surface area contributed by atoms with E-state index in [-0.39, 0.29) is 24.4 Å². The van der Waals surface area contributed by atoms with E-state index in [4.69, 9.17) is 4.74 Å². The van der Waals surface area contributed by atoms with E-state index < -0.39 is 0 Å². The summed E-state index contributed by atoms with van der Waals surface area (Å²) in [6, 6.07) is 8.39. The number of para-hydroxylation sites is 1. The maximum absolute atomic E-state index is 12.9. The molecule has 0 saturated carbocycles. The summed E-state index contributed by atoms with van der Waals surface area (Å²) in [5.74, 6) is 0.200. The number of hydrogen-bond acceptors (Lipinski definition) is 5. The minimum absolute atomic E-state index is 0.0846. The number of ether oxygens (including phenoxy) is 1. The average Bonchev–Trinajstić information content (AvgIpc) is 3.11. The molecule has 0 aliphatic heterocycles. The predicted molar refractivity (Wildman–Crippen MR) is 88.9 cm³/mol. The molecule has 0 spiro atoms. The normalized spacial score (nSPS) is 11.6. The number of nitrogens with one attached hydrogen (secondary N) is 1. The van der Waals surface area contributed by atoms with Crippen molar-refractivity contribution in [2.24, 2.45) is 0 Å². The third-order valence-corrected chi connectivity index (χ3v) is 3.74. The molecule has 2 aromatic rings. The molecule has 2 rings (SSSR count). The van der Waals surface area contributed by atoms with Gasteiger partial charge in [-0.05, 0) is 25.5 Å². The first-order chi connectivity index (χ1) is 11.6. The zero-order valence-electron chi connectivity index (χ0n) is 14.0. The second-order valence-electron chi connectivity index (χ2n) is 5.32. The number of benzene rings is 1. The lowest BCUT2D eigenvalue weighted by Gasteiger charge is -2.28. The first kappa shape index (κ1) is 17.5. The van der Waals surface area contributed by atoms with Crippen LogP contribution in [0.5, 0.6) is 5.75 Å². The fraction of sp³-hybridized carbons (Fsp3) is 0.353. The standard InChI is InChI=1S/C17H21N3O4/c1-4-12(2)20(11-16(21)18-15-9-10-24-19-15)17(22)13-7-5-6-8-14(13)23-3/h5-10,12H,4,11H2,1-3H3,(H,18,19,21). The number of aromatic nitrogens is 1. The van der Waals surface area contributed by atoms with Gasteiger partial charge in [0.25, 0.3) is 5.91 Å². The Morgan fingerprint density at radius 1 is 1.33 bits per heavy atom. The van der Waals surface area contributed by atoms with E-state index >= 15 is 0 Å². The predicted octanol–water partition coefficient (Wildman–Crippen LogP) is 2.56. The van der Waals surface area contributed by atoms with Crippen LogP contribution in [-0.2, 0) is 4.79 Å². The Morgan fingerprint density at radius 3 is 2.71 bits per heavy atom. The highest BCUT2D eigenvalue weighted by atomic mass is 16.5. The van der Waals surface area contributed by atoms with Crippen LogP contribution in [0.15, 0.2) is 41.1 Å². The fourth-order valence-corrected chi connectivity index (χ4v) is 2.24. The summed E-state index contributed by atoms with van der Waals surface area (Å²) in [5.41, 5.74) is 0.425. The number of anilines is 1. The van der Waals surface area contributed by atoms with E-state index in [1.165, 1.54) is 24.3 Å². The van der Waals surface area contributed by atoms with Crippen LogP contribution in [0.25, 0.3) is 0 Å². The molecule has 1 N–H and O–H groups in total. The van der Waals surface area contributed by atoms with Gasteiger partial charge in [-0.3, -0.25) is 9.59 Å². The number of hydrogen-bond donors (Lipinski definition) is 1. The number of carbonyl (C=O) groups is 2. The van der Waals surface area contributed by atoms with Gasteiger partial charge in [-0.1, -0.05) is 24.2 Å². The highest BCUT2D eigenvalue weighted by molar-refractivity contribution is 6.00. The van der Waals surface area contributed by atoms with Gasteiger partial charge in [0.15, 0.2) is 5.82 Å². The number of nitrogens with zero attached hydrogens (tertiary/aromatic N) is 2. The SMILES string of the molecule is CCC(C)N(CC(=O)Nc1ccon1)C(=O)c1ccccc1OC.